The fourth-order valence-corrected chi connectivity index (χ4v) is 3.44. The Morgan fingerprint density at radius 2 is 1.92 bits per heavy atom. The van der Waals surface area contributed by atoms with Gasteiger partial charge in [0.05, 0.1) is 19.6 Å². The van der Waals surface area contributed by atoms with Crippen molar-refractivity contribution in [2.75, 3.05) is 7.11 Å². The fraction of sp³-hybridized carbons (Fsp3) is 0.421. The molecule has 1 heterocycles. The molecule has 1 unspecified atom stereocenters. The summed E-state index contributed by atoms with van der Waals surface area (Å²) in [6.07, 6.45) is 0.733. The van der Waals surface area contributed by atoms with Crippen LogP contribution < -0.4 is 0 Å². The van der Waals surface area contributed by atoms with E-state index in [0.29, 0.717) is 6.54 Å². The van der Waals surface area contributed by atoms with E-state index in [4.69, 9.17) is 0 Å². The molecule has 0 radical (unpaired) electrons. The van der Waals surface area contributed by atoms with Gasteiger partial charge in [0.2, 0.25) is 5.91 Å². The summed E-state index contributed by atoms with van der Waals surface area (Å²) < 4.78 is 4.69. The average molecular weight is 360 g/mol. The van der Waals surface area contributed by atoms with Crippen molar-refractivity contribution < 1.29 is 14.3 Å². The van der Waals surface area contributed by atoms with E-state index in [1.807, 2.05) is 56.0 Å². The molecule has 134 valence electrons. The van der Waals surface area contributed by atoms with E-state index in [1.54, 1.807) is 5.38 Å². The first-order valence-corrected chi connectivity index (χ1v) is 9.24. The molecule has 0 fully saturated rings. The van der Waals surface area contributed by atoms with Crippen molar-refractivity contribution in [2.45, 2.75) is 45.7 Å². The van der Waals surface area contributed by atoms with E-state index in [-0.39, 0.29) is 23.6 Å². The van der Waals surface area contributed by atoms with E-state index in [0.717, 1.165) is 17.0 Å². The molecule has 25 heavy (non-hydrogen) atoms. The van der Waals surface area contributed by atoms with Crippen LogP contribution in [0.3, 0.4) is 0 Å². The number of rotatable bonds is 7. The van der Waals surface area contributed by atoms with Crippen molar-refractivity contribution >= 4 is 23.2 Å². The molecule has 0 aliphatic heterocycles. The van der Waals surface area contributed by atoms with Crippen LogP contribution >= 0.6 is 11.3 Å². The van der Waals surface area contributed by atoms with E-state index in [2.05, 4.69) is 9.72 Å². The third-order valence-corrected chi connectivity index (χ3v) is 4.90. The maximum absolute atomic E-state index is 13.1. The van der Waals surface area contributed by atoms with Crippen molar-refractivity contribution in [2.24, 2.45) is 0 Å². The van der Waals surface area contributed by atoms with E-state index < -0.39 is 5.97 Å². The Hall–Kier alpha value is -2.21. The Bertz CT molecular complexity index is 712. The Morgan fingerprint density at radius 1 is 1.24 bits per heavy atom. The van der Waals surface area contributed by atoms with Crippen LogP contribution in [0, 0.1) is 0 Å². The first-order valence-electron chi connectivity index (χ1n) is 8.36. The normalized spacial score (nSPS) is 12.0. The fourth-order valence-electron chi connectivity index (χ4n) is 2.68. The van der Waals surface area contributed by atoms with Crippen molar-refractivity contribution in [3.05, 3.63) is 52.0 Å². The predicted octanol–water partition coefficient (Wildman–Crippen LogP) is 3.86. The molecule has 0 bridgehead atoms. The van der Waals surface area contributed by atoms with Gasteiger partial charge in [0.25, 0.3) is 0 Å². The lowest BCUT2D eigenvalue weighted by Gasteiger charge is -2.30. The number of nitrogens with zero attached hydrogens (tertiary/aromatic N) is 2. The minimum Gasteiger partial charge on any atom is -0.464 e. The maximum atomic E-state index is 13.1. The molecular formula is C19H24N2O3S. The van der Waals surface area contributed by atoms with Crippen molar-refractivity contribution in [1.82, 2.24) is 9.88 Å². The summed E-state index contributed by atoms with van der Waals surface area (Å²) in [6.45, 7) is 6.39. The lowest BCUT2D eigenvalue weighted by atomic mass is 9.94. The summed E-state index contributed by atoms with van der Waals surface area (Å²) in [5.74, 6) is -0.553. The van der Waals surface area contributed by atoms with Gasteiger partial charge in [-0.05, 0) is 25.8 Å². The molecule has 1 amide bonds. The topological polar surface area (TPSA) is 59.5 Å². The van der Waals surface area contributed by atoms with Crippen LogP contribution in [0.5, 0.6) is 0 Å². The number of hydrogen-bond acceptors (Lipinski definition) is 5. The van der Waals surface area contributed by atoms with E-state index >= 15 is 0 Å². The molecule has 0 saturated carbocycles. The molecule has 6 heteroatoms. The van der Waals surface area contributed by atoms with Gasteiger partial charge < -0.3 is 9.64 Å². The largest absolute Gasteiger partial charge is 0.464 e. The molecule has 1 aromatic heterocycles. The number of carbonyl (C=O) groups is 2. The van der Waals surface area contributed by atoms with Gasteiger partial charge in [-0.2, -0.15) is 0 Å². The Balaban J connectivity index is 2.20. The molecule has 2 rings (SSSR count). The molecule has 0 saturated heterocycles. The summed E-state index contributed by atoms with van der Waals surface area (Å²) in [5.41, 5.74) is 1.31. The molecule has 0 spiro atoms. The van der Waals surface area contributed by atoms with Crippen molar-refractivity contribution in [1.29, 1.82) is 0 Å². The molecular weight excluding hydrogens is 336 g/mol. The summed E-state index contributed by atoms with van der Waals surface area (Å²) >= 11 is 1.37. The highest BCUT2D eigenvalue weighted by Gasteiger charge is 2.27. The summed E-state index contributed by atoms with van der Waals surface area (Å²) in [4.78, 5) is 30.8. The highest BCUT2D eigenvalue weighted by atomic mass is 32.1. The minimum atomic E-state index is -0.458. The quantitative estimate of drug-likeness (QED) is 0.704. The first kappa shape index (κ1) is 19.1. The Morgan fingerprint density at radius 3 is 2.48 bits per heavy atom. The van der Waals surface area contributed by atoms with Crippen molar-refractivity contribution in [3.63, 3.8) is 0 Å². The zero-order chi connectivity index (χ0) is 18.4. The van der Waals surface area contributed by atoms with Gasteiger partial charge in [0, 0.05) is 11.4 Å². The van der Waals surface area contributed by atoms with Gasteiger partial charge in [-0.25, -0.2) is 9.78 Å². The number of aromatic nitrogens is 1. The number of benzene rings is 1. The first-order chi connectivity index (χ1) is 12.0. The molecule has 0 aliphatic carbocycles. The highest BCUT2D eigenvalue weighted by molar-refractivity contribution is 7.09. The highest BCUT2D eigenvalue weighted by Crippen LogP contribution is 2.25. The van der Waals surface area contributed by atoms with Gasteiger partial charge in [-0.1, -0.05) is 37.3 Å². The lowest BCUT2D eigenvalue weighted by molar-refractivity contribution is -0.135. The standard InChI is InChI=1S/C19H24N2O3S/c1-5-15(14-9-7-6-8-10-14)18(22)21(13(2)3)11-17-20-16(12-25-17)19(23)24-4/h6-10,12-13,15H,5,11H2,1-4H3. The van der Waals surface area contributed by atoms with E-state index in [1.165, 1.54) is 18.4 Å². The van der Waals surface area contributed by atoms with Crippen LogP contribution in [0.2, 0.25) is 0 Å². The maximum Gasteiger partial charge on any atom is 0.357 e. The molecule has 0 N–H and O–H groups in total. The second-order valence-electron chi connectivity index (χ2n) is 6.05. The number of amides is 1. The zero-order valence-electron chi connectivity index (χ0n) is 15.1. The lowest BCUT2D eigenvalue weighted by Crippen LogP contribution is -2.39. The molecule has 1 aromatic carbocycles. The molecule has 0 aliphatic rings. The minimum absolute atomic E-state index is 0.0377. The monoisotopic (exact) mass is 360 g/mol. The van der Waals surface area contributed by atoms with Crippen LogP contribution in [0.15, 0.2) is 35.7 Å². The van der Waals surface area contributed by atoms with Crippen molar-refractivity contribution in [3.8, 4) is 0 Å². The van der Waals surface area contributed by atoms with Crippen LogP contribution in [-0.4, -0.2) is 34.9 Å². The number of thiazole rings is 1. The third kappa shape index (κ3) is 4.66. The number of carbonyl (C=O) groups excluding carboxylic acids is 2. The Labute approximate surface area is 152 Å². The smallest absolute Gasteiger partial charge is 0.357 e. The summed E-state index contributed by atoms with van der Waals surface area (Å²) in [7, 11) is 1.33. The van der Waals surface area contributed by atoms with Gasteiger partial charge in [0.15, 0.2) is 5.69 Å². The molecule has 2 aromatic rings. The molecule has 1 atom stereocenters. The van der Waals surface area contributed by atoms with Crippen LogP contribution in [0.4, 0.5) is 0 Å². The van der Waals surface area contributed by atoms with E-state index in [9.17, 15) is 9.59 Å². The number of esters is 1. The number of ether oxygens (including phenoxy) is 1. The SMILES string of the molecule is CCC(C(=O)N(Cc1nc(C(=O)OC)cs1)C(C)C)c1ccccc1. The van der Waals surface area contributed by atoms with Gasteiger partial charge in [-0.3, -0.25) is 4.79 Å². The third-order valence-electron chi connectivity index (χ3n) is 4.07. The second-order valence-corrected chi connectivity index (χ2v) is 6.99. The van der Waals surface area contributed by atoms with Gasteiger partial charge in [0.1, 0.15) is 5.01 Å². The predicted molar refractivity (Wildman–Crippen MR) is 98.6 cm³/mol. The second kappa shape index (κ2) is 8.76. The number of hydrogen-bond donors (Lipinski definition) is 0. The van der Waals surface area contributed by atoms with Crippen LogP contribution in [0.25, 0.3) is 0 Å². The molecule has 5 nitrogen and oxygen atoms in total. The summed E-state index contributed by atoms with van der Waals surface area (Å²) in [6, 6.07) is 9.87. The Kier molecular flexibility index (Phi) is 6.70. The average Bonchev–Trinajstić information content (AvgIpc) is 3.09. The van der Waals surface area contributed by atoms with Gasteiger partial charge in [-0.15, -0.1) is 11.3 Å². The zero-order valence-corrected chi connectivity index (χ0v) is 15.9. The van der Waals surface area contributed by atoms with Gasteiger partial charge >= 0.3 is 5.97 Å². The summed E-state index contributed by atoms with van der Waals surface area (Å²) in [5, 5.41) is 2.39. The van der Waals surface area contributed by atoms with Crippen LogP contribution in [0.1, 0.15) is 54.2 Å². The van der Waals surface area contributed by atoms with Crippen LogP contribution in [-0.2, 0) is 16.1 Å². The number of methoxy groups -OCH3 is 1.